The van der Waals surface area contributed by atoms with Crippen LogP contribution in [0.2, 0.25) is 0 Å². The summed E-state index contributed by atoms with van der Waals surface area (Å²) in [4.78, 5) is 27.7. The Balaban J connectivity index is 1.73. The molecule has 1 N–H and O–H groups in total. The van der Waals surface area contributed by atoms with Gasteiger partial charge >= 0.3 is 0 Å². The van der Waals surface area contributed by atoms with Crippen LogP contribution in [0.25, 0.3) is 11.0 Å². The number of benzene rings is 2. The van der Waals surface area contributed by atoms with E-state index in [1.54, 1.807) is 12.1 Å². The molecule has 0 spiro atoms. The molecule has 0 saturated heterocycles. The number of rotatable bonds is 7. The average molecular weight is 405 g/mol. The molecule has 0 fully saturated rings. The first kappa shape index (κ1) is 19.9. The number of fused-ring (bicyclic) bond motifs is 1. The van der Waals surface area contributed by atoms with Crippen LogP contribution in [0.5, 0.6) is 0 Å². The van der Waals surface area contributed by atoms with Gasteiger partial charge in [0, 0.05) is 11.9 Å². The highest BCUT2D eigenvalue weighted by Crippen LogP contribution is 2.39. The molecule has 6 heteroatoms. The number of para-hydroxylation sites is 1. The van der Waals surface area contributed by atoms with E-state index in [0.29, 0.717) is 12.2 Å². The fraction of sp³-hybridized carbons (Fsp3) is 0.250. The van der Waals surface area contributed by atoms with Crippen LogP contribution in [0, 0.1) is 0 Å². The Hall–Kier alpha value is -3.38. The van der Waals surface area contributed by atoms with Crippen molar-refractivity contribution in [3.63, 3.8) is 0 Å². The molecule has 1 aromatic heterocycles. The van der Waals surface area contributed by atoms with Crippen molar-refractivity contribution in [2.45, 2.75) is 26.0 Å². The third-order valence-corrected chi connectivity index (χ3v) is 5.10. The van der Waals surface area contributed by atoms with Crippen LogP contribution in [0.3, 0.4) is 0 Å². The third kappa shape index (κ3) is 3.62. The standard InChI is InChI=1S/C24H23NO5/c1-15(2)29-13-12-25-21(16-8-4-3-5-9-16)20(23(27)24(25)28)22(26)19-14-17-10-6-7-11-18(17)30-19/h3-11,14-15,21,27H,12-13H2,1-2H3. The van der Waals surface area contributed by atoms with Gasteiger partial charge in [0.25, 0.3) is 5.91 Å². The molecule has 6 nitrogen and oxygen atoms in total. The van der Waals surface area contributed by atoms with Crippen LogP contribution in [0.4, 0.5) is 0 Å². The lowest BCUT2D eigenvalue weighted by Crippen LogP contribution is -2.34. The average Bonchev–Trinajstić information content (AvgIpc) is 3.28. The second-order valence-corrected chi connectivity index (χ2v) is 7.47. The Morgan fingerprint density at radius 1 is 1.13 bits per heavy atom. The number of aliphatic hydroxyl groups excluding tert-OH is 1. The smallest absolute Gasteiger partial charge is 0.290 e. The summed E-state index contributed by atoms with van der Waals surface area (Å²) < 4.78 is 11.3. The number of ketones is 1. The summed E-state index contributed by atoms with van der Waals surface area (Å²) in [6.07, 6.45) is 0.0103. The molecule has 2 heterocycles. The number of hydrogen-bond acceptors (Lipinski definition) is 5. The minimum atomic E-state index is -0.713. The first-order chi connectivity index (χ1) is 14.5. The number of nitrogens with zero attached hydrogens (tertiary/aromatic N) is 1. The van der Waals surface area contributed by atoms with E-state index in [1.807, 2.05) is 62.4 Å². The molecule has 2 aromatic carbocycles. The van der Waals surface area contributed by atoms with Gasteiger partial charge in [-0.3, -0.25) is 9.59 Å². The second-order valence-electron chi connectivity index (χ2n) is 7.47. The number of aliphatic hydroxyl groups is 1. The number of furan rings is 1. The molecule has 4 rings (SSSR count). The Kier molecular flexibility index (Phi) is 5.42. The molecule has 0 aliphatic carbocycles. The van der Waals surface area contributed by atoms with Crippen molar-refractivity contribution in [2.75, 3.05) is 13.2 Å². The van der Waals surface area contributed by atoms with Gasteiger partial charge in [0.05, 0.1) is 24.3 Å². The van der Waals surface area contributed by atoms with Crippen LogP contribution in [-0.2, 0) is 9.53 Å². The number of Topliss-reactive ketones (excluding diaryl/α,β-unsaturated/α-hetero) is 1. The van der Waals surface area contributed by atoms with Crippen LogP contribution < -0.4 is 0 Å². The van der Waals surface area contributed by atoms with Crippen LogP contribution >= 0.6 is 0 Å². The SMILES string of the molecule is CC(C)OCCN1C(=O)C(O)=C(C(=O)c2cc3ccccc3o2)C1c1ccccc1. The van der Waals surface area contributed by atoms with Crippen molar-refractivity contribution >= 4 is 22.7 Å². The molecule has 1 unspecified atom stereocenters. The van der Waals surface area contributed by atoms with Crippen molar-refractivity contribution in [2.24, 2.45) is 0 Å². The quantitative estimate of drug-likeness (QED) is 0.588. The van der Waals surface area contributed by atoms with E-state index in [0.717, 1.165) is 10.9 Å². The fourth-order valence-corrected chi connectivity index (χ4v) is 3.71. The molecule has 0 saturated carbocycles. The topological polar surface area (TPSA) is 80.0 Å². The molecule has 30 heavy (non-hydrogen) atoms. The summed E-state index contributed by atoms with van der Waals surface area (Å²) >= 11 is 0. The van der Waals surface area contributed by atoms with Crippen molar-refractivity contribution in [3.8, 4) is 0 Å². The highest BCUT2D eigenvalue weighted by Gasteiger charge is 2.44. The van der Waals surface area contributed by atoms with E-state index in [2.05, 4.69) is 0 Å². The summed E-state index contributed by atoms with van der Waals surface area (Å²) in [5, 5.41) is 11.4. The lowest BCUT2D eigenvalue weighted by atomic mass is 9.95. The number of ether oxygens (including phenoxy) is 1. The highest BCUT2D eigenvalue weighted by atomic mass is 16.5. The van der Waals surface area contributed by atoms with Gasteiger partial charge in [0.15, 0.2) is 11.5 Å². The van der Waals surface area contributed by atoms with Crippen molar-refractivity contribution in [3.05, 3.63) is 83.3 Å². The van der Waals surface area contributed by atoms with E-state index in [-0.39, 0.29) is 24.0 Å². The normalized spacial score (nSPS) is 16.8. The Morgan fingerprint density at radius 3 is 2.53 bits per heavy atom. The van der Waals surface area contributed by atoms with Gasteiger partial charge in [-0.2, -0.15) is 0 Å². The lowest BCUT2D eigenvalue weighted by Gasteiger charge is -2.27. The number of amides is 1. The van der Waals surface area contributed by atoms with Crippen LogP contribution in [0.15, 0.2) is 76.4 Å². The predicted octanol–water partition coefficient (Wildman–Crippen LogP) is 4.44. The highest BCUT2D eigenvalue weighted by molar-refractivity contribution is 6.16. The summed E-state index contributed by atoms with van der Waals surface area (Å²) in [6.45, 7) is 4.36. The molecule has 3 aromatic rings. The van der Waals surface area contributed by atoms with Gasteiger partial charge in [-0.1, -0.05) is 48.5 Å². The zero-order valence-corrected chi connectivity index (χ0v) is 16.9. The van der Waals surface area contributed by atoms with Gasteiger partial charge in [0.2, 0.25) is 5.78 Å². The molecule has 154 valence electrons. The van der Waals surface area contributed by atoms with Crippen molar-refractivity contribution in [1.29, 1.82) is 0 Å². The van der Waals surface area contributed by atoms with Gasteiger partial charge in [-0.05, 0) is 31.5 Å². The maximum atomic E-state index is 13.4. The zero-order valence-electron chi connectivity index (χ0n) is 16.9. The summed E-state index contributed by atoms with van der Waals surface area (Å²) in [5.41, 5.74) is 1.33. The maximum Gasteiger partial charge on any atom is 0.290 e. The van der Waals surface area contributed by atoms with Crippen molar-refractivity contribution in [1.82, 2.24) is 4.90 Å². The zero-order chi connectivity index (χ0) is 21.3. The number of carbonyl (C=O) groups is 2. The number of hydrogen-bond donors (Lipinski definition) is 1. The Bertz CT molecular complexity index is 1080. The summed E-state index contributed by atoms with van der Waals surface area (Å²) in [5.74, 6) is -1.54. The van der Waals surface area contributed by atoms with E-state index in [4.69, 9.17) is 9.15 Å². The molecular formula is C24H23NO5. The monoisotopic (exact) mass is 405 g/mol. The summed E-state index contributed by atoms with van der Waals surface area (Å²) in [6, 6.07) is 17.4. The molecule has 1 amide bonds. The second kappa shape index (κ2) is 8.16. The molecule has 1 aliphatic rings. The Morgan fingerprint density at radius 2 is 1.83 bits per heavy atom. The largest absolute Gasteiger partial charge is 0.503 e. The van der Waals surface area contributed by atoms with Gasteiger partial charge in [0.1, 0.15) is 5.58 Å². The molecule has 0 radical (unpaired) electrons. The van der Waals surface area contributed by atoms with Crippen LogP contribution in [-0.4, -0.2) is 41.0 Å². The lowest BCUT2D eigenvalue weighted by molar-refractivity contribution is -0.130. The number of carbonyl (C=O) groups excluding carboxylic acids is 2. The fourth-order valence-electron chi connectivity index (χ4n) is 3.71. The van der Waals surface area contributed by atoms with Gasteiger partial charge < -0.3 is 19.2 Å². The van der Waals surface area contributed by atoms with Gasteiger partial charge in [-0.25, -0.2) is 0 Å². The predicted molar refractivity (Wildman–Crippen MR) is 112 cm³/mol. The van der Waals surface area contributed by atoms with Crippen molar-refractivity contribution < 1.29 is 23.8 Å². The Labute approximate surface area is 174 Å². The first-order valence-corrected chi connectivity index (χ1v) is 9.91. The van der Waals surface area contributed by atoms with Crippen LogP contribution in [0.1, 0.15) is 36.0 Å². The third-order valence-electron chi connectivity index (χ3n) is 5.10. The maximum absolute atomic E-state index is 13.4. The van der Waals surface area contributed by atoms with E-state index < -0.39 is 23.5 Å². The molecular weight excluding hydrogens is 382 g/mol. The minimum absolute atomic E-state index is 0.0103. The molecule has 1 aliphatic heterocycles. The molecule has 1 atom stereocenters. The van der Waals surface area contributed by atoms with Gasteiger partial charge in [-0.15, -0.1) is 0 Å². The first-order valence-electron chi connectivity index (χ1n) is 9.91. The van der Waals surface area contributed by atoms with E-state index >= 15 is 0 Å². The van der Waals surface area contributed by atoms with E-state index in [1.165, 1.54) is 4.90 Å². The molecule has 0 bridgehead atoms. The minimum Gasteiger partial charge on any atom is -0.503 e. The summed E-state index contributed by atoms with van der Waals surface area (Å²) in [7, 11) is 0. The van der Waals surface area contributed by atoms with E-state index in [9.17, 15) is 14.7 Å².